The molecule has 0 unspecified atom stereocenters. The van der Waals surface area contributed by atoms with Crippen molar-refractivity contribution in [3.63, 3.8) is 0 Å². The van der Waals surface area contributed by atoms with Crippen LogP contribution in [0.5, 0.6) is 5.75 Å². The van der Waals surface area contributed by atoms with Crippen LogP contribution >= 0.6 is 11.8 Å². The van der Waals surface area contributed by atoms with Crippen LogP contribution in [0.25, 0.3) is 11.4 Å². The van der Waals surface area contributed by atoms with Crippen molar-refractivity contribution in [1.29, 1.82) is 0 Å². The van der Waals surface area contributed by atoms with Crippen LogP contribution in [0.3, 0.4) is 0 Å². The molecular weight excluding hydrogens is 456 g/mol. The molecule has 1 heterocycles. The molecule has 0 radical (unpaired) electrons. The zero-order valence-electron chi connectivity index (χ0n) is 20.1. The van der Waals surface area contributed by atoms with E-state index in [0.717, 1.165) is 34.3 Å². The van der Waals surface area contributed by atoms with Gasteiger partial charge in [-0.1, -0.05) is 84.6 Å². The Hall–Kier alpha value is -3.58. The molecule has 35 heavy (non-hydrogen) atoms. The fourth-order valence-corrected chi connectivity index (χ4v) is 4.78. The first-order valence-electron chi connectivity index (χ1n) is 11.7. The summed E-state index contributed by atoms with van der Waals surface area (Å²) in [5, 5.41) is 9.70. The smallest absolute Gasteiger partial charge is 0.233 e. The molecule has 0 aliphatic heterocycles. The number of ether oxygens (including phenoxy) is 1. The standard InChI is InChI=1S/C28H30N4O2S/c1-3-31(20-23-14-8-5-9-15-23)26(33)21-35-28-30-29-27(24-16-10-11-17-25(24)34-2)32(28)19-18-22-12-6-4-7-13-22/h4-17H,3,18-21H2,1-2H3. The van der Waals surface area contributed by atoms with Crippen LogP contribution in [-0.2, 0) is 24.3 Å². The number of carbonyl (C=O) groups excluding carboxylic acids is 1. The van der Waals surface area contributed by atoms with Gasteiger partial charge in [0.05, 0.1) is 18.4 Å². The second kappa shape index (κ2) is 12.2. The van der Waals surface area contributed by atoms with Gasteiger partial charge in [0, 0.05) is 19.6 Å². The van der Waals surface area contributed by atoms with E-state index < -0.39 is 0 Å². The van der Waals surface area contributed by atoms with Gasteiger partial charge in [-0.3, -0.25) is 4.79 Å². The van der Waals surface area contributed by atoms with E-state index in [0.29, 0.717) is 25.4 Å². The number of methoxy groups -OCH3 is 1. The summed E-state index contributed by atoms with van der Waals surface area (Å²) in [4.78, 5) is 14.9. The largest absolute Gasteiger partial charge is 0.496 e. The number of benzene rings is 3. The topological polar surface area (TPSA) is 60.3 Å². The fraction of sp³-hybridized carbons (Fsp3) is 0.250. The number of hydrogen-bond acceptors (Lipinski definition) is 5. The Morgan fingerprint density at radius 3 is 2.26 bits per heavy atom. The first-order valence-corrected chi connectivity index (χ1v) is 12.7. The first kappa shape index (κ1) is 24.5. The summed E-state index contributed by atoms with van der Waals surface area (Å²) in [6.45, 7) is 3.96. The SMILES string of the molecule is CCN(Cc1ccccc1)C(=O)CSc1nnc(-c2ccccc2OC)n1CCc1ccccc1. The Balaban J connectivity index is 1.54. The molecule has 6 nitrogen and oxygen atoms in total. The molecular formula is C28H30N4O2S. The van der Waals surface area contributed by atoms with Crippen LogP contribution in [0.4, 0.5) is 0 Å². The summed E-state index contributed by atoms with van der Waals surface area (Å²) >= 11 is 1.43. The highest BCUT2D eigenvalue weighted by Crippen LogP contribution is 2.31. The molecule has 0 atom stereocenters. The molecule has 0 aliphatic carbocycles. The number of carbonyl (C=O) groups is 1. The Bertz CT molecular complexity index is 1230. The van der Waals surface area contributed by atoms with E-state index in [4.69, 9.17) is 4.74 Å². The average molecular weight is 487 g/mol. The van der Waals surface area contributed by atoms with Gasteiger partial charge in [0.25, 0.3) is 0 Å². The zero-order valence-corrected chi connectivity index (χ0v) is 20.9. The fourth-order valence-electron chi connectivity index (χ4n) is 3.91. The van der Waals surface area contributed by atoms with Gasteiger partial charge in [-0.25, -0.2) is 0 Å². The lowest BCUT2D eigenvalue weighted by atomic mass is 10.1. The molecule has 0 N–H and O–H groups in total. The van der Waals surface area contributed by atoms with E-state index >= 15 is 0 Å². The first-order chi connectivity index (χ1) is 17.2. The highest BCUT2D eigenvalue weighted by atomic mass is 32.2. The van der Waals surface area contributed by atoms with Gasteiger partial charge in [-0.15, -0.1) is 10.2 Å². The third-order valence-electron chi connectivity index (χ3n) is 5.81. The number of thioether (sulfide) groups is 1. The highest BCUT2D eigenvalue weighted by molar-refractivity contribution is 7.99. The van der Waals surface area contributed by atoms with Crippen molar-refractivity contribution in [1.82, 2.24) is 19.7 Å². The van der Waals surface area contributed by atoms with E-state index in [2.05, 4.69) is 26.9 Å². The van der Waals surface area contributed by atoms with Crippen LogP contribution in [-0.4, -0.2) is 45.0 Å². The second-order valence-electron chi connectivity index (χ2n) is 8.08. The van der Waals surface area contributed by atoms with E-state index in [9.17, 15) is 4.79 Å². The molecule has 0 fully saturated rings. The molecule has 0 aliphatic rings. The Labute approximate surface area is 211 Å². The van der Waals surface area contributed by atoms with Gasteiger partial charge < -0.3 is 14.2 Å². The van der Waals surface area contributed by atoms with Crippen LogP contribution in [0.15, 0.2) is 90.1 Å². The lowest BCUT2D eigenvalue weighted by Crippen LogP contribution is -2.31. The summed E-state index contributed by atoms with van der Waals surface area (Å²) in [7, 11) is 1.66. The van der Waals surface area contributed by atoms with Crippen molar-refractivity contribution >= 4 is 17.7 Å². The normalized spacial score (nSPS) is 10.8. The van der Waals surface area contributed by atoms with Crippen LogP contribution in [0.1, 0.15) is 18.1 Å². The van der Waals surface area contributed by atoms with Gasteiger partial charge in [-0.05, 0) is 36.6 Å². The maximum Gasteiger partial charge on any atom is 0.233 e. The monoisotopic (exact) mass is 486 g/mol. The van der Waals surface area contributed by atoms with Crippen molar-refractivity contribution in [2.75, 3.05) is 19.4 Å². The molecule has 1 aromatic heterocycles. The Morgan fingerprint density at radius 2 is 1.57 bits per heavy atom. The van der Waals surface area contributed by atoms with Gasteiger partial charge in [0.15, 0.2) is 11.0 Å². The van der Waals surface area contributed by atoms with Gasteiger partial charge in [0.2, 0.25) is 5.91 Å². The Kier molecular flexibility index (Phi) is 8.57. The van der Waals surface area contributed by atoms with Gasteiger partial charge in [0.1, 0.15) is 5.75 Å². The molecule has 0 spiro atoms. The second-order valence-corrected chi connectivity index (χ2v) is 9.02. The van der Waals surface area contributed by atoms with Crippen LogP contribution in [0.2, 0.25) is 0 Å². The van der Waals surface area contributed by atoms with Gasteiger partial charge >= 0.3 is 0 Å². The molecule has 0 bridgehead atoms. The highest BCUT2D eigenvalue weighted by Gasteiger charge is 2.20. The average Bonchev–Trinajstić information content (AvgIpc) is 3.32. The predicted octanol–water partition coefficient (Wildman–Crippen LogP) is 5.34. The summed E-state index contributed by atoms with van der Waals surface area (Å²) in [6.07, 6.45) is 0.831. The molecule has 4 rings (SSSR count). The molecule has 1 amide bonds. The minimum atomic E-state index is 0.0813. The van der Waals surface area contributed by atoms with Gasteiger partial charge in [-0.2, -0.15) is 0 Å². The number of rotatable bonds is 11. The number of para-hydroxylation sites is 1. The predicted molar refractivity (Wildman–Crippen MR) is 140 cm³/mol. The van der Waals surface area contributed by atoms with E-state index in [1.807, 2.05) is 84.6 Å². The zero-order chi connectivity index (χ0) is 24.5. The quantitative estimate of drug-likeness (QED) is 0.268. The maximum atomic E-state index is 13.0. The van der Waals surface area contributed by atoms with Crippen molar-refractivity contribution in [3.05, 3.63) is 96.1 Å². The van der Waals surface area contributed by atoms with Crippen LogP contribution < -0.4 is 4.74 Å². The van der Waals surface area contributed by atoms with Crippen molar-refractivity contribution in [3.8, 4) is 17.1 Å². The summed E-state index contributed by atoms with van der Waals surface area (Å²) in [5.41, 5.74) is 3.24. The summed E-state index contributed by atoms with van der Waals surface area (Å²) in [5.74, 6) is 1.87. The molecule has 7 heteroatoms. The summed E-state index contributed by atoms with van der Waals surface area (Å²) < 4.78 is 7.67. The van der Waals surface area contributed by atoms with E-state index in [1.165, 1.54) is 17.3 Å². The maximum absolute atomic E-state index is 13.0. The number of hydrogen-bond donors (Lipinski definition) is 0. The summed E-state index contributed by atoms with van der Waals surface area (Å²) in [6, 6.07) is 28.2. The van der Waals surface area contributed by atoms with E-state index in [1.54, 1.807) is 7.11 Å². The molecule has 4 aromatic rings. The van der Waals surface area contributed by atoms with Crippen molar-refractivity contribution < 1.29 is 9.53 Å². The lowest BCUT2D eigenvalue weighted by molar-refractivity contribution is -0.128. The number of nitrogens with zero attached hydrogens (tertiary/aromatic N) is 4. The number of amides is 1. The third kappa shape index (κ3) is 6.31. The third-order valence-corrected chi connectivity index (χ3v) is 6.76. The van der Waals surface area contributed by atoms with Crippen LogP contribution in [0, 0.1) is 0 Å². The molecule has 180 valence electrons. The molecule has 0 saturated heterocycles. The number of aromatic nitrogens is 3. The van der Waals surface area contributed by atoms with Crippen molar-refractivity contribution in [2.24, 2.45) is 0 Å². The minimum absolute atomic E-state index is 0.0813. The van der Waals surface area contributed by atoms with Crippen molar-refractivity contribution in [2.45, 2.75) is 31.6 Å². The lowest BCUT2D eigenvalue weighted by Gasteiger charge is -2.21. The Morgan fingerprint density at radius 1 is 0.914 bits per heavy atom. The number of aryl methyl sites for hydroxylation is 1. The van der Waals surface area contributed by atoms with E-state index in [-0.39, 0.29) is 5.91 Å². The molecule has 0 saturated carbocycles. The molecule has 3 aromatic carbocycles. The minimum Gasteiger partial charge on any atom is -0.496 e.